The SMILES string of the molecule is CC(C)CC(C(=O)[C@]([C]=O)(CC(C)C)N1CCCC1)N1CCCC1. The molecule has 0 bridgehead atoms. The zero-order chi connectivity index (χ0) is 17.7. The van der Waals surface area contributed by atoms with Crippen molar-refractivity contribution >= 4 is 12.1 Å². The molecule has 2 rings (SSSR count). The Hall–Kier alpha value is -0.740. The topological polar surface area (TPSA) is 40.6 Å². The lowest BCUT2D eigenvalue weighted by Gasteiger charge is -2.41. The van der Waals surface area contributed by atoms with E-state index in [0.29, 0.717) is 18.3 Å². The fourth-order valence-corrected chi connectivity index (χ4v) is 4.43. The summed E-state index contributed by atoms with van der Waals surface area (Å²) in [7, 11) is 0. The number of rotatable bonds is 9. The van der Waals surface area contributed by atoms with Crippen LogP contribution in [0, 0.1) is 11.8 Å². The monoisotopic (exact) mass is 335 g/mol. The molecular weight excluding hydrogens is 300 g/mol. The van der Waals surface area contributed by atoms with E-state index < -0.39 is 5.54 Å². The van der Waals surface area contributed by atoms with Gasteiger partial charge in [-0.1, -0.05) is 27.7 Å². The van der Waals surface area contributed by atoms with E-state index in [1.165, 1.54) is 0 Å². The zero-order valence-electron chi connectivity index (χ0n) is 16.0. The van der Waals surface area contributed by atoms with Crippen LogP contribution in [0.15, 0.2) is 0 Å². The number of carbonyl (C=O) groups excluding carboxylic acids is 2. The van der Waals surface area contributed by atoms with Crippen LogP contribution < -0.4 is 0 Å². The van der Waals surface area contributed by atoms with Crippen molar-refractivity contribution in [1.82, 2.24) is 9.80 Å². The van der Waals surface area contributed by atoms with Gasteiger partial charge in [0.15, 0.2) is 5.78 Å². The Morgan fingerprint density at radius 2 is 1.50 bits per heavy atom. The molecule has 0 aliphatic carbocycles. The summed E-state index contributed by atoms with van der Waals surface area (Å²) in [5.74, 6) is 0.861. The van der Waals surface area contributed by atoms with Crippen molar-refractivity contribution in [3.05, 3.63) is 0 Å². The Kier molecular flexibility index (Phi) is 6.99. The first-order valence-corrected chi connectivity index (χ1v) is 9.83. The van der Waals surface area contributed by atoms with E-state index in [2.05, 4.69) is 43.8 Å². The van der Waals surface area contributed by atoms with E-state index in [4.69, 9.17) is 0 Å². The van der Waals surface area contributed by atoms with Gasteiger partial charge in [-0.25, -0.2) is 0 Å². The van der Waals surface area contributed by atoms with Crippen LogP contribution in [0.4, 0.5) is 0 Å². The Morgan fingerprint density at radius 1 is 0.958 bits per heavy atom. The minimum atomic E-state index is -1.03. The first-order chi connectivity index (χ1) is 11.4. The molecule has 4 nitrogen and oxygen atoms in total. The van der Waals surface area contributed by atoms with Gasteiger partial charge in [0.2, 0.25) is 6.29 Å². The van der Waals surface area contributed by atoms with Crippen LogP contribution in [0.5, 0.6) is 0 Å². The van der Waals surface area contributed by atoms with Gasteiger partial charge in [-0.15, -0.1) is 0 Å². The highest BCUT2D eigenvalue weighted by atomic mass is 16.2. The highest BCUT2D eigenvalue weighted by Gasteiger charge is 2.50. The summed E-state index contributed by atoms with van der Waals surface area (Å²) in [6, 6.07) is -0.131. The van der Waals surface area contributed by atoms with E-state index in [0.717, 1.165) is 58.3 Å². The van der Waals surface area contributed by atoms with Crippen molar-refractivity contribution in [3.8, 4) is 0 Å². The molecule has 2 aliphatic heterocycles. The maximum atomic E-state index is 13.7. The van der Waals surface area contributed by atoms with Gasteiger partial charge >= 0.3 is 0 Å². The lowest BCUT2D eigenvalue weighted by Crippen LogP contribution is -2.61. The molecule has 0 aromatic carbocycles. The van der Waals surface area contributed by atoms with Gasteiger partial charge in [-0.3, -0.25) is 19.4 Å². The van der Waals surface area contributed by atoms with Crippen LogP contribution in [-0.2, 0) is 9.59 Å². The molecule has 0 N–H and O–H groups in total. The number of Topliss-reactive ketones (excluding diaryl/α,β-unsaturated/α-hetero) is 1. The van der Waals surface area contributed by atoms with Crippen molar-refractivity contribution < 1.29 is 9.59 Å². The molecule has 24 heavy (non-hydrogen) atoms. The van der Waals surface area contributed by atoms with Gasteiger partial charge < -0.3 is 0 Å². The third-order valence-electron chi connectivity index (χ3n) is 5.50. The molecule has 0 amide bonds. The maximum Gasteiger partial charge on any atom is 0.228 e. The van der Waals surface area contributed by atoms with Gasteiger partial charge in [-0.2, -0.15) is 0 Å². The summed E-state index contributed by atoms with van der Waals surface area (Å²) in [6.07, 6.45) is 8.18. The Labute approximate surface area is 148 Å². The predicted molar refractivity (Wildman–Crippen MR) is 97.7 cm³/mol. The van der Waals surface area contributed by atoms with Crippen LogP contribution >= 0.6 is 0 Å². The van der Waals surface area contributed by atoms with Crippen molar-refractivity contribution in [2.24, 2.45) is 11.8 Å². The molecule has 2 heterocycles. The second-order valence-corrected chi connectivity index (χ2v) is 8.51. The Balaban J connectivity index is 2.32. The maximum absolute atomic E-state index is 13.7. The van der Waals surface area contributed by atoms with Gasteiger partial charge in [0.05, 0.1) is 6.04 Å². The largest absolute Gasteiger partial charge is 0.295 e. The summed E-state index contributed by atoms with van der Waals surface area (Å²) >= 11 is 0. The zero-order valence-corrected chi connectivity index (χ0v) is 16.0. The Morgan fingerprint density at radius 3 is 1.96 bits per heavy atom. The van der Waals surface area contributed by atoms with Crippen LogP contribution in [-0.4, -0.2) is 59.6 Å². The second kappa shape index (κ2) is 8.57. The minimum absolute atomic E-state index is 0.115. The number of likely N-dealkylation sites (tertiary alicyclic amines) is 2. The molecule has 1 radical (unpaired) electrons. The average molecular weight is 336 g/mol. The average Bonchev–Trinajstić information content (AvgIpc) is 3.21. The number of carbonyl (C=O) groups is 1. The van der Waals surface area contributed by atoms with E-state index in [9.17, 15) is 9.59 Å². The summed E-state index contributed by atoms with van der Waals surface area (Å²) in [5, 5.41) is 0. The van der Waals surface area contributed by atoms with Crippen molar-refractivity contribution in [3.63, 3.8) is 0 Å². The van der Waals surface area contributed by atoms with E-state index in [1.54, 1.807) is 0 Å². The Bertz CT molecular complexity index is 423. The summed E-state index contributed by atoms with van der Waals surface area (Å²) in [5.41, 5.74) is -1.03. The molecule has 2 atom stereocenters. The van der Waals surface area contributed by atoms with Crippen molar-refractivity contribution in [2.75, 3.05) is 26.2 Å². The first kappa shape index (κ1) is 19.6. The minimum Gasteiger partial charge on any atom is -0.295 e. The summed E-state index contributed by atoms with van der Waals surface area (Å²) in [4.78, 5) is 30.3. The van der Waals surface area contributed by atoms with Crippen LogP contribution in [0.1, 0.15) is 66.2 Å². The molecule has 0 aromatic rings. The molecule has 2 saturated heterocycles. The van der Waals surface area contributed by atoms with Crippen LogP contribution in [0.2, 0.25) is 0 Å². The normalized spacial score (nSPS) is 23.8. The van der Waals surface area contributed by atoms with E-state index >= 15 is 0 Å². The van der Waals surface area contributed by atoms with Crippen molar-refractivity contribution in [1.29, 1.82) is 0 Å². The summed E-state index contributed by atoms with van der Waals surface area (Å²) < 4.78 is 0. The third-order valence-corrected chi connectivity index (χ3v) is 5.50. The molecule has 4 heteroatoms. The predicted octanol–water partition coefficient (Wildman–Crippen LogP) is 3.06. The fraction of sp³-hybridized carbons (Fsp3) is 0.900. The number of hydrogen-bond acceptors (Lipinski definition) is 4. The van der Waals surface area contributed by atoms with Gasteiger partial charge in [0.25, 0.3) is 0 Å². The molecule has 137 valence electrons. The highest BCUT2D eigenvalue weighted by Crippen LogP contribution is 2.32. The fourth-order valence-electron chi connectivity index (χ4n) is 4.43. The quantitative estimate of drug-likeness (QED) is 0.607. The van der Waals surface area contributed by atoms with Crippen molar-refractivity contribution in [2.45, 2.75) is 77.8 Å². The molecule has 0 aromatic heterocycles. The van der Waals surface area contributed by atoms with E-state index in [1.807, 2.05) is 0 Å². The number of nitrogens with zero attached hydrogens (tertiary/aromatic N) is 2. The third kappa shape index (κ3) is 4.26. The summed E-state index contributed by atoms with van der Waals surface area (Å²) in [6.45, 7) is 12.2. The standard InChI is InChI=1S/C20H35N2O2/c1-16(2)13-18(21-9-5-6-10-21)19(24)20(15-23,14-17(3)4)22-11-7-8-12-22/h16-18H,5-14H2,1-4H3/t18?,20-/m1/s1. The lowest BCUT2D eigenvalue weighted by molar-refractivity contribution is -0.133. The van der Waals surface area contributed by atoms with E-state index in [-0.39, 0.29) is 11.8 Å². The second-order valence-electron chi connectivity index (χ2n) is 8.51. The molecule has 2 aliphatic rings. The van der Waals surface area contributed by atoms with Crippen LogP contribution in [0.3, 0.4) is 0 Å². The smallest absolute Gasteiger partial charge is 0.228 e. The molecule has 2 fully saturated rings. The van der Waals surface area contributed by atoms with Gasteiger partial charge in [-0.05, 0) is 76.5 Å². The van der Waals surface area contributed by atoms with Crippen LogP contribution in [0.25, 0.3) is 0 Å². The van der Waals surface area contributed by atoms with Gasteiger partial charge in [0, 0.05) is 0 Å². The first-order valence-electron chi connectivity index (χ1n) is 9.83. The molecule has 1 unspecified atom stereocenters. The molecule has 0 spiro atoms. The number of ketones is 1. The highest BCUT2D eigenvalue weighted by molar-refractivity contribution is 6.06. The van der Waals surface area contributed by atoms with Gasteiger partial charge in [0.1, 0.15) is 5.54 Å². The molecule has 0 saturated carbocycles. The molecular formula is C20H35N2O2. The lowest BCUT2D eigenvalue weighted by atomic mass is 9.79. The number of hydrogen-bond donors (Lipinski definition) is 0.